The van der Waals surface area contributed by atoms with Gasteiger partial charge in [0.25, 0.3) is 6.43 Å². The number of Topliss-reactive ketones (excluding diaryl/α,β-unsaturated/α-hetero) is 1. The van der Waals surface area contributed by atoms with E-state index in [0.29, 0.717) is 23.2 Å². The van der Waals surface area contributed by atoms with Crippen LogP contribution in [0.4, 0.5) is 8.78 Å². The minimum Gasteiger partial charge on any atom is -0.385 e. The third kappa shape index (κ3) is 5.06. The first-order valence-corrected chi connectivity index (χ1v) is 12.5. The molecule has 5 nitrogen and oxygen atoms in total. The van der Waals surface area contributed by atoms with Gasteiger partial charge in [0.1, 0.15) is 22.0 Å². The number of hydrogen-bond acceptors (Lipinski definition) is 7. The molecule has 1 aliphatic rings. The van der Waals surface area contributed by atoms with Crippen molar-refractivity contribution in [1.29, 1.82) is 0 Å². The van der Waals surface area contributed by atoms with Gasteiger partial charge in [-0.1, -0.05) is 6.42 Å². The van der Waals surface area contributed by atoms with Gasteiger partial charge in [0.2, 0.25) is 0 Å². The number of rotatable bonds is 10. The second-order valence-corrected chi connectivity index (χ2v) is 10.3. The van der Waals surface area contributed by atoms with Gasteiger partial charge in [-0.25, -0.2) is 18.7 Å². The van der Waals surface area contributed by atoms with Crippen LogP contribution in [0.1, 0.15) is 58.8 Å². The second kappa shape index (κ2) is 10.4. The van der Waals surface area contributed by atoms with Gasteiger partial charge in [-0.05, 0) is 44.4 Å². The van der Waals surface area contributed by atoms with Crippen LogP contribution in [0.25, 0.3) is 20.8 Å². The Bertz CT molecular complexity index is 1110. The number of thiazole rings is 1. The van der Waals surface area contributed by atoms with Crippen LogP contribution in [0.2, 0.25) is 0 Å². The van der Waals surface area contributed by atoms with E-state index in [-0.39, 0.29) is 17.0 Å². The molecular weight excluding hydrogens is 452 g/mol. The van der Waals surface area contributed by atoms with Gasteiger partial charge in [0.15, 0.2) is 0 Å². The lowest BCUT2D eigenvalue weighted by molar-refractivity contribution is -0.118. The van der Waals surface area contributed by atoms with Gasteiger partial charge >= 0.3 is 0 Å². The number of hydrogen-bond donors (Lipinski definition) is 1. The van der Waals surface area contributed by atoms with E-state index in [4.69, 9.17) is 4.74 Å². The molecular formula is C23H27F2N3O2S2. The molecule has 32 heavy (non-hydrogen) atoms. The Kier molecular flexibility index (Phi) is 7.60. The van der Waals surface area contributed by atoms with Crippen molar-refractivity contribution in [1.82, 2.24) is 15.3 Å². The molecule has 1 N–H and O–H groups in total. The highest BCUT2D eigenvalue weighted by Gasteiger charge is 2.26. The predicted molar refractivity (Wildman–Crippen MR) is 125 cm³/mol. The minimum atomic E-state index is -2.67. The Hall–Kier alpha value is -1.81. The average molecular weight is 480 g/mol. The van der Waals surface area contributed by atoms with Crippen molar-refractivity contribution in [2.45, 2.75) is 58.4 Å². The molecule has 172 valence electrons. The number of carbonyl (C=O) groups excluding carboxylic acids is 1. The van der Waals surface area contributed by atoms with Crippen LogP contribution in [0.15, 0.2) is 6.07 Å². The van der Waals surface area contributed by atoms with Crippen LogP contribution in [-0.4, -0.2) is 36.0 Å². The lowest BCUT2D eigenvalue weighted by Crippen LogP contribution is -2.22. The number of alkyl halides is 2. The van der Waals surface area contributed by atoms with Crippen molar-refractivity contribution in [3.8, 4) is 10.6 Å². The van der Waals surface area contributed by atoms with E-state index in [0.717, 1.165) is 60.8 Å². The summed E-state index contributed by atoms with van der Waals surface area (Å²) >= 11 is 3.07. The van der Waals surface area contributed by atoms with Crippen molar-refractivity contribution >= 4 is 38.7 Å². The number of fused-ring (bicyclic) bond motifs is 2. The maximum Gasteiger partial charge on any atom is 0.282 e. The standard InChI is InChI=1S/C23H27F2N3O2S2/c1-13-10-17-20(21(27-13)22(24)25)28-23(32-17)19-15-7-8-26-12-18(15)31-16(19)11-14(29)6-4-3-5-9-30-2/h10,22,26H,3-9,11-12H2,1-2H3. The molecule has 0 amide bonds. The molecule has 4 rings (SSSR count). The third-order valence-corrected chi connectivity index (χ3v) is 7.87. The predicted octanol–water partition coefficient (Wildman–Crippen LogP) is 5.63. The Morgan fingerprint density at radius 1 is 1.25 bits per heavy atom. The van der Waals surface area contributed by atoms with Crippen molar-refractivity contribution in [3.63, 3.8) is 0 Å². The quantitative estimate of drug-likeness (QED) is 0.382. The Morgan fingerprint density at radius 3 is 2.88 bits per heavy atom. The SMILES string of the molecule is COCCCCCC(=O)Cc1sc2c(c1-c1nc3c(C(F)F)nc(C)cc3s1)CCNC2. The zero-order valence-corrected chi connectivity index (χ0v) is 19.9. The largest absolute Gasteiger partial charge is 0.385 e. The lowest BCUT2D eigenvalue weighted by Gasteiger charge is -2.13. The van der Waals surface area contributed by atoms with Crippen LogP contribution in [0.3, 0.4) is 0 Å². The van der Waals surface area contributed by atoms with Crippen LogP contribution in [0, 0.1) is 6.92 Å². The van der Waals surface area contributed by atoms with E-state index in [1.54, 1.807) is 25.4 Å². The maximum absolute atomic E-state index is 13.6. The smallest absolute Gasteiger partial charge is 0.282 e. The molecule has 9 heteroatoms. The summed E-state index contributed by atoms with van der Waals surface area (Å²) < 4.78 is 33.0. The van der Waals surface area contributed by atoms with Gasteiger partial charge in [0, 0.05) is 54.1 Å². The summed E-state index contributed by atoms with van der Waals surface area (Å²) in [6, 6.07) is 1.81. The van der Waals surface area contributed by atoms with Gasteiger partial charge in [-0.3, -0.25) is 4.79 Å². The molecule has 3 aromatic heterocycles. The Balaban J connectivity index is 1.66. The van der Waals surface area contributed by atoms with E-state index in [9.17, 15) is 13.6 Å². The van der Waals surface area contributed by atoms with Gasteiger partial charge in [-0.2, -0.15) is 0 Å². The number of methoxy groups -OCH3 is 1. The number of ketones is 1. The molecule has 0 bridgehead atoms. The summed E-state index contributed by atoms with van der Waals surface area (Å²) in [6.07, 6.45) is 1.87. The number of thiophene rings is 1. The van der Waals surface area contributed by atoms with Crippen LogP contribution >= 0.6 is 22.7 Å². The van der Waals surface area contributed by atoms with Crippen LogP contribution in [0.5, 0.6) is 0 Å². The molecule has 0 radical (unpaired) electrons. The first kappa shape index (κ1) is 23.4. The normalized spacial score (nSPS) is 13.8. The fourth-order valence-electron chi connectivity index (χ4n) is 4.11. The number of nitrogens with one attached hydrogen (secondary N) is 1. The monoisotopic (exact) mass is 479 g/mol. The van der Waals surface area contributed by atoms with Crippen molar-refractivity contribution < 1.29 is 18.3 Å². The minimum absolute atomic E-state index is 0.210. The highest BCUT2D eigenvalue weighted by molar-refractivity contribution is 7.22. The summed E-state index contributed by atoms with van der Waals surface area (Å²) in [4.78, 5) is 23.6. The van der Waals surface area contributed by atoms with Gasteiger partial charge in [0.05, 0.1) is 4.70 Å². The molecule has 0 saturated heterocycles. The van der Waals surface area contributed by atoms with E-state index in [2.05, 4.69) is 15.3 Å². The zero-order chi connectivity index (χ0) is 22.7. The number of carbonyl (C=O) groups is 1. The number of ether oxygens (including phenoxy) is 1. The Labute approximate surface area is 194 Å². The van der Waals surface area contributed by atoms with Gasteiger partial charge in [-0.15, -0.1) is 22.7 Å². The number of pyridine rings is 1. The second-order valence-electron chi connectivity index (χ2n) is 8.06. The van der Waals surface area contributed by atoms with Gasteiger partial charge < -0.3 is 10.1 Å². The van der Waals surface area contributed by atoms with E-state index in [1.165, 1.54) is 21.8 Å². The molecule has 0 atom stereocenters. The van der Waals surface area contributed by atoms with Crippen LogP contribution < -0.4 is 5.32 Å². The molecule has 0 saturated carbocycles. The van der Waals surface area contributed by atoms with Crippen LogP contribution in [-0.2, 0) is 28.9 Å². The topological polar surface area (TPSA) is 64.1 Å². The number of aromatic nitrogens is 2. The summed E-state index contributed by atoms with van der Waals surface area (Å²) in [5, 5.41) is 4.10. The first-order valence-electron chi connectivity index (χ1n) is 10.9. The number of aryl methyl sites for hydroxylation is 1. The fourth-order valence-corrected chi connectivity index (χ4v) is 6.70. The number of unbranched alkanes of at least 4 members (excludes halogenated alkanes) is 2. The summed E-state index contributed by atoms with van der Waals surface area (Å²) in [6.45, 7) is 4.07. The highest BCUT2D eigenvalue weighted by atomic mass is 32.1. The average Bonchev–Trinajstić information content (AvgIpc) is 3.33. The Morgan fingerprint density at radius 2 is 2.09 bits per heavy atom. The molecule has 4 heterocycles. The molecule has 3 aromatic rings. The van der Waals surface area contributed by atoms with Crippen molar-refractivity contribution in [2.75, 3.05) is 20.3 Å². The summed E-state index contributed by atoms with van der Waals surface area (Å²) in [5.41, 5.74) is 2.76. The van der Waals surface area contributed by atoms with E-state index < -0.39 is 6.43 Å². The number of halogens is 2. The molecule has 1 aliphatic heterocycles. The van der Waals surface area contributed by atoms with Crippen molar-refractivity contribution in [2.24, 2.45) is 0 Å². The first-order chi connectivity index (χ1) is 15.5. The third-order valence-electron chi connectivity index (χ3n) is 5.62. The summed E-state index contributed by atoms with van der Waals surface area (Å²) in [7, 11) is 1.68. The van der Waals surface area contributed by atoms with E-state index in [1.807, 2.05) is 6.07 Å². The van der Waals surface area contributed by atoms with E-state index >= 15 is 0 Å². The molecule has 0 unspecified atom stereocenters. The molecule has 0 spiro atoms. The number of nitrogens with zero attached hydrogens (tertiary/aromatic N) is 2. The summed E-state index contributed by atoms with van der Waals surface area (Å²) in [5.74, 6) is 0.210. The maximum atomic E-state index is 13.6. The zero-order valence-electron chi connectivity index (χ0n) is 18.3. The molecule has 0 aromatic carbocycles. The van der Waals surface area contributed by atoms with Crippen molar-refractivity contribution in [3.05, 3.63) is 32.8 Å². The highest BCUT2D eigenvalue weighted by Crippen LogP contribution is 2.43. The lowest BCUT2D eigenvalue weighted by atomic mass is 10.00. The molecule has 0 aliphatic carbocycles. The fraction of sp³-hybridized carbons (Fsp3) is 0.522. The molecule has 0 fully saturated rings.